The normalized spacial score (nSPS) is 21.8. The van der Waals surface area contributed by atoms with Crippen LogP contribution in [0.2, 0.25) is 0 Å². The second-order valence-electron chi connectivity index (χ2n) is 7.61. The van der Waals surface area contributed by atoms with E-state index in [0.717, 1.165) is 13.0 Å². The van der Waals surface area contributed by atoms with Gasteiger partial charge in [-0.05, 0) is 37.0 Å². The first kappa shape index (κ1) is 19.0. The van der Waals surface area contributed by atoms with Crippen molar-refractivity contribution >= 4 is 11.6 Å². The highest BCUT2D eigenvalue weighted by molar-refractivity contribution is 5.98. The van der Waals surface area contributed by atoms with Crippen molar-refractivity contribution in [3.05, 3.63) is 66.2 Å². The molecule has 2 aliphatic rings. The number of nitrogens with zero attached hydrogens (tertiary/aromatic N) is 2. The number of para-hydroxylation sites is 1. The lowest BCUT2D eigenvalue weighted by atomic mass is 9.88. The van der Waals surface area contributed by atoms with Gasteiger partial charge < -0.3 is 14.5 Å². The molecule has 2 saturated heterocycles. The number of likely N-dealkylation sites (tertiary alicyclic amines) is 1. The van der Waals surface area contributed by atoms with Gasteiger partial charge in [0.05, 0.1) is 12.1 Å². The smallest absolute Gasteiger partial charge is 0.304 e. The summed E-state index contributed by atoms with van der Waals surface area (Å²) < 4.78 is 33.9. The average Bonchev–Trinajstić information content (AvgIpc) is 2.72. The van der Waals surface area contributed by atoms with Crippen molar-refractivity contribution in [2.75, 3.05) is 31.1 Å². The second kappa shape index (κ2) is 7.60. The predicted octanol–water partition coefficient (Wildman–Crippen LogP) is 3.72. The van der Waals surface area contributed by atoms with Gasteiger partial charge in [-0.25, -0.2) is 0 Å². The monoisotopic (exact) mass is 386 g/mol. The summed E-state index contributed by atoms with van der Waals surface area (Å²) in [4.78, 5) is 15.7. The Morgan fingerprint density at radius 3 is 2.18 bits per heavy atom. The van der Waals surface area contributed by atoms with Crippen LogP contribution in [0.3, 0.4) is 0 Å². The topological polar surface area (TPSA) is 32.8 Å². The van der Waals surface area contributed by atoms with Gasteiger partial charge in [-0.1, -0.05) is 48.5 Å². The summed E-state index contributed by atoms with van der Waals surface area (Å²) in [6.45, 7) is 2.41. The third-order valence-corrected chi connectivity index (χ3v) is 5.68. The van der Waals surface area contributed by atoms with Crippen molar-refractivity contribution in [3.8, 4) is 0 Å². The summed E-state index contributed by atoms with van der Waals surface area (Å²) in [6.07, 6.45) is -1.90. The van der Waals surface area contributed by atoms with Crippen LogP contribution in [0.25, 0.3) is 0 Å². The maximum atomic E-state index is 14.4. The molecule has 2 aliphatic heterocycles. The Morgan fingerprint density at radius 1 is 0.929 bits per heavy atom. The van der Waals surface area contributed by atoms with Crippen LogP contribution < -0.4 is 4.90 Å². The number of hydrogen-bond acceptors (Lipinski definition) is 3. The Bertz CT molecular complexity index is 806. The Morgan fingerprint density at radius 2 is 1.54 bits per heavy atom. The standard InChI is InChI=1S/C22H24F2N2O2/c23-22(24)20(27)26(19-9-5-2-6-10-19)17-21(28-22)12-15-25(16-13-21)14-11-18-7-3-1-4-8-18/h1-10H,11-17H2. The lowest BCUT2D eigenvalue weighted by Crippen LogP contribution is -2.64. The van der Waals surface area contributed by atoms with Crippen LogP contribution in [0.1, 0.15) is 18.4 Å². The van der Waals surface area contributed by atoms with E-state index < -0.39 is 17.6 Å². The van der Waals surface area contributed by atoms with E-state index in [9.17, 15) is 13.6 Å². The Hall–Kier alpha value is -2.31. The van der Waals surface area contributed by atoms with Gasteiger partial charge in [0.2, 0.25) is 0 Å². The second-order valence-corrected chi connectivity index (χ2v) is 7.61. The molecule has 0 atom stereocenters. The van der Waals surface area contributed by atoms with Gasteiger partial charge in [0.15, 0.2) is 0 Å². The van der Waals surface area contributed by atoms with Crippen molar-refractivity contribution in [2.24, 2.45) is 0 Å². The van der Waals surface area contributed by atoms with Gasteiger partial charge in [-0.2, -0.15) is 8.78 Å². The van der Waals surface area contributed by atoms with E-state index in [4.69, 9.17) is 4.74 Å². The SMILES string of the molecule is O=C1N(c2ccccc2)CC2(CCN(CCc3ccccc3)CC2)OC1(F)F. The summed E-state index contributed by atoms with van der Waals surface area (Å²) in [5.41, 5.74) is 0.752. The number of hydrogen-bond donors (Lipinski definition) is 0. The van der Waals surface area contributed by atoms with Gasteiger partial charge in [0.25, 0.3) is 0 Å². The quantitative estimate of drug-likeness (QED) is 0.803. The minimum atomic E-state index is -3.79. The summed E-state index contributed by atoms with van der Waals surface area (Å²) in [7, 11) is 0. The molecule has 0 N–H and O–H groups in total. The zero-order valence-corrected chi connectivity index (χ0v) is 15.7. The summed E-state index contributed by atoms with van der Waals surface area (Å²) in [6, 6.07) is 18.9. The van der Waals surface area contributed by atoms with E-state index in [1.807, 2.05) is 18.2 Å². The van der Waals surface area contributed by atoms with Crippen molar-refractivity contribution in [1.29, 1.82) is 0 Å². The molecule has 0 unspecified atom stereocenters. The first-order valence-corrected chi connectivity index (χ1v) is 9.69. The van der Waals surface area contributed by atoms with Gasteiger partial charge in [0.1, 0.15) is 0 Å². The maximum Gasteiger partial charge on any atom is 0.437 e. The summed E-state index contributed by atoms with van der Waals surface area (Å²) in [5, 5.41) is 0. The third-order valence-electron chi connectivity index (χ3n) is 5.68. The number of piperidine rings is 1. The van der Waals surface area contributed by atoms with Crippen LogP contribution in [0, 0.1) is 0 Å². The molecule has 0 aliphatic carbocycles. The van der Waals surface area contributed by atoms with Gasteiger partial charge in [0, 0.05) is 25.3 Å². The zero-order chi connectivity index (χ0) is 19.6. The largest absolute Gasteiger partial charge is 0.437 e. The number of ether oxygens (including phenoxy) is 1. The molecule has 2 heterocycles. The number of alkyl halides is 2. The molecule has 4 rings (SSSR count). The summed E-state index contributed by atoms with van der Waals surface area (Å²) >= 11 is 0. The van der Waals surface area contributed by atoms with Gasteiger partial charge >= 0.3 is 12.0 Å². The molecule has 6 heteroatoms. The van der Waals surface area contributed by atoms with E-state index >= 15 is 0 Å². The van der Waals surface area contributed by atoms with E-state index in [0.29, 0.717) is 31.6 Å². The van der Waals surface area contributed by atoms with Crippen molar-refractivity contribution in [3.63, 3.8) is 0 Å². The van der Waals surface area contributed by atoms with Crippen LogP contribution in [-0.2, 0) is 16.0 Å². The number of amides is 1. The Balaban J connectivity index is 1.43. The van der Waals surface area contributed by atoms with Crippen LogP contribution in [0.15, 0.2) is 60.7 Å². The lowest BCUT2D eigenvalue weighted by molar-refractivity contribution is -0.293. The molecular weight excluding hydrogens is 362 g/mol. The number of benzene rings is 2. The van der Waals surface area contributed by atoms with Crippen molar-refractivity contribution < 1.29 is 18.3 Å². The molecule has 28 heavy (non-hydrogen) atoms. The zero-order valence-electron chi connectivity index (χ0n) is 15.7. The molecule has 2 aromatic carbocycles. The van der Waals surface area contributed by atoms with Crippen molar-refractivity contribution in [1.82, 2.24) is 4.90 Å². The first-order valence-electron chi connectivity index (χ1n) is 9.69. The highest BCUT2D eigenvalue weighted by Crippen LogP contribution is 2.40. The summed E-state index contributed by atoms with van der Waals surface area (Å²) in [5.74, 6) is -1.28. The third kappa shape index (κ3) is 3.93. The maximum absolute atomic E-state index is 14.4. The molecule has 0 saturated carbocycles. The number of rotatable bonds is 4. The highest BCUT2D eigenvalue weighted by atomic mass is 19.3. The molecule has 4 nitrogen and oxygen atoms in total. The van der Waals surface area contributed by atoms with Gasteiger partial charge in [-0.15, -0.1) is 0 Å². The number of anilines is 1. The molecule has 1 spiro atoms. The van der Waals surface area contributed by atoms with Crippen LogP contribution >= 0.6 is 0 Å². The van der Waals surface area contributed by atoms with Crippen LogP contribution in [0.4, 0.5) is 14.5 Å². The van der Waals surface area contributed by atoms with E-state index in [1.165, 1.54) is 10.5 Å². The minimum Gasteiger partial charge on any atom is -0.304 e. The fourth-order valence-electron chi connectivity index (χ4n) is 4.06. The number of carbonyl (C=O) groups excluding carboxylic acids is 1. The van der Waals surface area contributed by atoms with E-state index in [2.05, 4.69) is 17.0 Å². The lowest BCUT2D eigenvalue weighted by Gasteiger charge is -2.48. The first-order chi connectivity index (χ1) is 13.5. The molecular formula is C22H24F2N2O2. The highest BCUT2D eigenvalue weighted by Gasteiger charge is 2.57. The van der Waals surface area contributed by atoms with Crippen molar-refractivity contribution in [2.45, 2.75) is 31.0 Å². The van der Waals surface area contributed by atoms with E-state index in [-0.39, 0.29) is 6.54 Å². The average molecular weight is 386 g/mol. The molecule has 0 bridgehead atoms. The molecule has 1 amide bonds. The number of halogens is 2. The number of carbonyl (C=O) groups is 1. The van der Waals surface area contributed by atoms with Crippen LogP contribution in [-0.4, -0.2) is 48.7 Å². The fourth-order valence-corrected chi connectivity index (χ4v) is 4.06. The van der Waals surface area contributed by atoms with Gasteiger partial charge in [-0.3, -0.25) is 4.79 Å². The minimum absolute atomic E-state index is 0.165. The Labute approximate surface area is 163 Å². The molecule has 148 valence electrons. The molecule has 2 aromatic rings. The molecule has 0 aromatic heterocycles. The molecule has 2 fully saturated rings. The van der Waals surface area contributed by atoms with E-state index in [1.54, 1.807) is 30.3 Å². The predicted molar refractivity (Wildman–Crippen MR) is 103 cm³/mol. The Kier molecular flexibility index (Phi) is 5.17. The van der Waals surface area contributed by atoms with Crippen LogP contribution in [0.5, 0.6) is 0 Å². The number of morpholine rings is 1. The fraction of sp³-hybridized carbons (Fsp3) is 0.409. The molecule has 0 radical (unpaired) electrons.